The third-order valence-electron chi connectivity index (χ3n) is 6.77. The quantitative estimate of drug-likeness (QED) is 0.692. The molecule has 3 heterocycles. The second-order valence-corrected chi connectivity index (χ2v) is 9.48. The first kappa shape index (κ1) is 21.5. The van der Waals surface area contributed by atoms with E-state index >= 15 is 0 Å². The third-order valence-corrected chi connectivity index (χ3v) is 6.77. The first-order chi connectivity index (χ1) is 14.9. The molecule has 5 nitrogen and oxygen atoms in total. The Morgan fingerprint density at radius 2 is 1.68 bits per heavy atom. The van der Waals surface area contributed by atoms with E-state index in [1.807, 2.05) is 31.2 Å². The Bertz CT molecular complexity index is 892. The number of fused-ring (bicyclic) bond motifs is 4. The maximum absolute atomic E-state index is 13.2. The number of hydrogen-bond acceptors (Lipinski definition) is 4. The van der Waals surface area contributed by atoms with Crippen molar-refractivity contribution in [3.8, 4) is 11.5 Å². The van der Waals surface area contributed by atoms with Gasteiger partial charge in [0.2, 0.25) is 5.91 Å². The van der Waals surface area contributed by atoms with E-state index in [0.29, 0.717) is 25.0 Å². The molecule has 3 fully saturated rings. The lowest BCUT2D eigenvalue weighted by molar-refractivity contribution is -0.130. The summed E-state index contributed by atoms with van der Waals surface area (Å²) < 4.78 is 10.8. The largest absolute Gasteiger partial charge is 0.497 e. The molecule has 5 heteroatoms. The molecule has 0 aliphatic carbocycles. The van der Waals surface area contributed by atoms with Crippen LogP contribution in [-0.4, -0.2) is 50.2 Å². The number of hydrogen-bond donors (Lipinski definition) is 0. The van der Waals surface area contributed by atoms with Gasteiger partial charge in [-0.15, -0.1) is 0 Å². The molecule has 31 heavy (non-hydrogen) atoms. The summed E-state index contributed by atoms with van der Waals surface area (Å²) in [4.78, 5) is 17.8. The van der Waals surface area contributed by atoms with Crippen LogP contribution in [-0.2, 0) is 11.2 Å². The molecule has 2 bridgehead atoms. The summed E-state index contributed by atoms with van der Waals surface area (Å²) in [5.74, 6) is 2.41. The van der Waals surface area contributed by atoms with Crippen LogP contribution < -0.4 is 14.4 Å². The molecule has 3 aliphatic heterocycles. The van der Waals surface area contributed by atoms with Crippen molar-refractivity contribution in [2.45, 2.75) is 39.7 Å². The van der Waals surface area contributed by atoms with E-state index in [0.717, 1.165) is 43.1 Å². The highest BCUT2D eigenvalue weighted by molar-refractivity contribution is 5.79. The van der Waals surface area contributed by atoms with Crippen molar-refractivity contribution in [3.05, 3.63) is 54.1 Å². The van der Waals surface area contributed by atoms with Gasteiger partial charge >= 0.3 is 0 Å². The van der Waals surface area contributed by atoms with E-state index in [1.54, 1.807) is 7.11 Å². The van der Waals surface area contributed by atoms with Crippen LogP contribution in [0.5, 0.6) is 11.5 Å². The predicted octanol–water partition coefficient (Wildman–Crippen LogP) is 4.40. The molecule has 1 amide bonds. The average molecular weight is 423 g/mol. The summed E-state index contributed by atoms with van der Waals surface area (Å²) >= 11 is 0. The van der Waals surface area contributed by atoms with Crippen molar-refractivity contribution in [2.75, 3.05) is 38.3 Å². The normalized spacial score (nSPS) is 22.2. The zero-order valence-electron chi connectivity index (χ0n) is 19.1. The zero-order valence-corrected chi connectivity index (χ0v) is 19.1. The number of methoxy groups -OCH3 is 1. The molecule has 166 valence electrons. The molecule has 2 atom stereocenters. The smallest absolute Gasteiger partial charge is 0.227 e. The van der Waals surface area contributed by atoms with Gasteiger partial charge in [-0.1, -0.05) is 26.0 Å². The molecule has 2 aromatic rings. The first-order valence-electron chi connectivity index (χ1n) is 11.3. The van der Waals surface area contributed by atoms with Crippen LogP contribution in [0, 0.1) is 11.3 Å². The Morgan fingerprint density at radius 1 is 1.00 bits per heavy atom. The van der Waals surface area contributed by atoms with Crippen LogP contribution in [0.2, 0.25) is 0 Å². The van der Waals surface area contributed by atoms with Crippen LogP contribution in [0.3, 0.4) is 0 Å². The van der Waals surface area contributed by atoms with Gasteiger partial charge in [-0.25, -0.2) is 0 Å². The van der Waals surface area contributed by atoms with Gasteiger partial charge in [-0.05, 0) is 66.6 Å². The topological polar surface area (TPSA) is 42.0 Å². The van der Waals surface area contributed by atoms with E-state index in [-0.39, 0.29) is 11.3 Å². The van der Waals surface area contributed by atoms with Gasteiger partial charge in [-0.2, -0.15) is 0 Å². The monoisotopic (exact) mass is 422 g/mol. The Morgan fingerprint density at radius 3 is 2.32 bits per heavy atom. The Balaban J connectivity index is 1.51. The van der Waals surface area contributed by atoms with Crippen LogP contribution in [0.15, 0.2) is 48.5 Å². The number of nitrogens with zero attached hydrogens (tertiary/aromatic N) is 2. The molecule has 0 saturated carbocycles. The molecular weight excluding hydrogens is 388 g/mol. The lowest BCUT2D eigenvalue weighted by Gasteiger charge is -2.48. The van der Waals surface area contributed by atoms with Gasteiger partial charge in [0.25, 0.3) is 0 Å². The minimum Gasteiger partial charge on any atom is -0.497 e. The van der Waals surface area contributed by atoms with Gasteiger partial charge in [0.15, 0.2) is 0 Å². The fraction of sp³-hybridized carbons (Fsp3) is 0.500. The van der Waals surface area contributed by atoms with Crippen molar-refractivity contribution >= 4 is 11.6 Å². The zero-order chi connectivity index (χ0) is 22.0. The number of carbonyl (C=O) groups excluding carboxylic acids is 1. The third kappa shape index (κ3) is 4.65. The van der Waals surface area contributed by atoms with Crippen LogP contribution in [0.1, 0.15) is 32.8 Å². The number of rotatable bonds is 6. The number of anilines is 1. The molecule has 0 spiro atoms. The highest BCUT2D eigenvalue weighted by Gasteiger charge is 2.46. The van der Waals surface area contributed by atoms with Gasteiger partial charge in [0.05, 0.1) is 26.2 Å². The second kappa shape index (κ2) is 8.81. The molecule has 3 saturated heterocycles. The summed E-state index contributed by atoms with van der Waals surface area (Å²) in [6.45, 7) is 9.97. The number of carbonyl (C=O) groups is 1. The number of piperidine rings is 1. The van der Waals surface area contributed by atoms with E-state index in [2.05, 4.69) is 47.9 Å². The molecule has 2 aromatic carbocycles. The summed E-state index contributed by atoms with van der Waals surface area (Å²) in [6, 6.07) is 16.5. The van der Waals surface area contributed by atoms with Crippen LogP contribution in [0.25, 0.3) is 0 Å². The van der Waals surface area contributed by atoms with E-state index < -0.39 is 0 Å². The first-order valence-corrected chi connectivity index (χ1v) is 11.3. The molecule has 0 unspecified atom stereocenters. The van der Waals surface area contributed by atoms with Crippen molar-refractivity contribution in [2.24, 2.45) is 11.3 Å². The average Bonchev–Trinajstić information content (AvgIpc) is 3.02. The number of benzene rings is 2. The van der Waals surface area contributed by atoms with Crippen molar-refractivity contribution in [3.63, 3.8) is 0 Å². The van der Waals surface area contributed by atoms with Gasteiger partial charge in [0, 0.05) is 25.3 Å². The fourth-order valence-corrected chi connectivity index (χ4v) is 5.25. The molecule has 3 aliphatic rings. The molecule has 5 rings (SSSR count). The summed E-state index contributed by atoms with van der Waals surface area (Å²) in [6.07, 6.45) is 1.59. The summed E-state index contributed by atoms with van der Waals surface area (Å²) in [7, 11) is 1.66. The Labute approximate surface area is 185 Å². The molecule has 0 aromatic heterocycles. The number of amides is 1. The molecular formula is C26H34N2O3. The highest BCUT2D eigenvalue weighted by atomic mass is 16.5. The lowest BCUT2D eigenvalue weighted by atomic mass is 9.73. The number of ether oxygens (including phenoxy) is 2. The second-order valence-electron chi connectivity index (χ2n) is 9.48. The van der Waals surface area contributed by atoms with Gasteiger partial charge < -0.3 is 19.3 Å². The van der Waals surface area contributed by atoms with Crippen LogP contribution in [0.4, 0.5) is 5.69 Å². The van der Waals surface area contributed by atoms with E-state index in [9.17, 15) is 4.79 Å². The van der Waals surface area contributed by atoms with Crippen molar-refractivity contribution in [1.29, 1.82) is 0 Å². The molecule has 0 N–H and O–H groups in total. The van der Waals surface area contributed by atoms with Gasteiger partial charge in [-0.3, -0.25) is 4.79 Å². The van der Waals surface area contributed by atoms with Crippen molar-refractivity contribution < 1.29 is 14.3 Å². The SMILES string of the molecule is CCOc1ccc(N2C[C@H]3CN(C(=O)Cc4ccc(OC)cc4)C[C@@H]2C(C)(C)C3)cc1. The summed E-state index contributed by atoms with van der Waals surface area (Å²) in [5, 5.41) is 0. The summed E-state index contributed by atoms with van der Waals surface area (Å²) in [5.41, 5.74) is 2.40. The van der Waals surface area contributed by atoms with Crippen molar-refractivity contribution in [1.82, 2.24) is 4.90 Å². The maximum Gasteiger partial charge on any atom is 0.227 e. The van der Waals surface area contributed by atoms with E-state index in [4.69, 9.17) is 9.47 Å². The Hall–Kier alpha value is -2.69. The maximum atomic E-state index is 13.2. The van der Waals surface area contributed by atoms with Crippen LogP contribution >= 0.6 is 0 Å². The minimum atomic E-state index is 0.149. The van der Waals surface area contributed by atoms with E-state index in [1.165, 1.54) is 5.69 Å². The standard InChI is InChI=1S/C26H34N2O3/c1-5-31-23-12-8-21(9-13-23)28-17-20-15-26(2,3)24(28)18-27(16-20)25(29)14-19-6-10-22(30-4)11-7-19/h6-13,20,24H,5,14-18H2,1-4H3/t20-,24-/m1/s1. The fourth-order valence-electron chi connectivity index (χ4n) is 5.25. The van der Waals surface area contributed by atoms with Gasteiger partial charge in [0.1, 0.15) is 11.5 Å². The lowest BCUT2D eigenvalue weighted by Crippen LogP contribution is -2.54. The molecule has 0 radical (unpaired) electrons. The Kier molecular flexibility index (Phi) is 6.12. The highest BCUT2D eigenvalue weighted by Crippen LogP contribution is 2.43. The minimum absolute atomic E-state index is 0.149. The predicted molar refractivity (Wildman–Crippen MR) is 124 cm³/mol.